The van der Waals surface area contributed by atoms with E-state index in [2.05, 4.69) is 0 Å². The van der Waals surface area contributed by atoms with Crippen molar-refractivity contribution < 1.29 is 23.9 Å². The molecule has 2 heterocycles. The number of carbonyl (C=O) groups excluding carboxylic acids is 2. The van der Waals surface area contributed by atoms with Crippen LogP contribution in [-0.2, 0) is 16.1 Å². The Labute approximate surface area is 121 Å². The van der Waals surface area contributed by atoms with Crippen LogP contribution in [-0.4, -0.2) is 27.8 Å². The quantitative estimate of drug-likeness (QED) is 0.862. The smallest absolute Gasteiger partial charge is 0.371 e. The van der Waals surface area contributed by atoms with Gasteiger partial charge in [-0.25, -0.2) is 4.79 Å². The van der Waals surface area contributed by atoms with Crippen LogP contribution in [0.2, 0.25) is 0 Å². The highest BCUT2D eigenvalue weighted by Crippen LogP contribution is 2.47. The number of imide groups is 1. The van der Waals surface area contributed by atoms with Crippen molar-refractivity contribution >= 4 is 17.8 Å². The number of hydrogen-bond donors (Lipinski definition) is 1. The normalized spacial score (nSPS) is 21.2. The highest BCUT2D eigenvalue weighted by atomic mass is 16.4. The summed E-state index contributed by atoms with van der Waals surface area (Å²) in [7, 11) is 0. The van der Waals surface area contributed by atoms with E-state index in [9.17, 15) is 14.4 Å². The topological polar surface area (TPSA) is 87.8 Å². The molecule has 1 aliphatic heterocycles. The summed E-state index contributed by atoms with van der Waals surface area (Å²) in [5, 5.41) is 8.81. The van der Waals surface area contributed by atoms with Crippen molar-refractivity contribution in [1.29, 1.82) is 0 Å². The summed E-state index contributed by atoms with van der Waals surface area (Å²) in [6.07, 6.45) is 4.88. The average molecular weight is 291 g/mol. The third kappa shape index (κ3) is 2.57. The summed E-state index contributed by atoms with van der Waals surface area (Å²) in [5.41, 5.74) is -0.125. The van der Waals surface area contributed by atoms with Crippen LogP contribution in [0.4, 0.5) is 0 Å². The maximum absolute atomic E-state index is 12.3. The van der Waals surface area contributed by atoms with Crippen LogP contribution in [0.25, 0.3) is 0 Å². The van der Waals surface area contributed by atoms with E-state index in [1.165, 1.54) is 17.0 Å². The lowest BCUT2D eigenvalue weighted by atomic mass is 9.76. The molecule has 3 rings (SSSR count). The van der Waals surface area contributed by atoms with Crippen molar-refractivity contribution in [2.24, 2.45) is 5.41 Å². The molecule has 0 aromatic carbocycles. The van der Waals surface area contributed by atoms with Crippen LogP contribution in [0.15, 0.2) is 16.5 Å². The van der Waals surface area contributed by atoms with Gasteiger partial charge in [-0.05, 0) is 30.4 Å². The minimum atomic E-state index is -1.16. The van der Waals surface area contributed by atoms with Crippen LogP contribution < -0.4 is 0 Å². The van der Waals surface area contributed by atoms with Crippen molar-refractivity contribution in [1.82, 2.24) is 4.90 Å². The number of rotatable bonds is 3. The summed E-state index contributed by atoms with van der Waals surface area (Å²) in [5.74, 6) is -1.39. The minimum absolute atomic E-state index is 0.0149. The molecule has 6 heteroatoms. The summed E-state index contributed by atoms with van der Waals surface area (Å²) < 4.78 is 5.12. The van der Waals surface area contributed by atoms with E-state index in [4.69, 9.17) is 9.52 Å². The molecular weight excluding hydrogens is 274 g/mol. The number of likely N-dealkylation sites (tertiary alicyclic amines) is 1. The van der Waals surface area contributed by atoms with Crippen LogP contribution in [0.5, 0.6) is 0 Å². The lowest BCUT2D eigenvalue weighted by molar-refractivity contribution is -0.154. The van der Waals surface area contributed by atoms with E-state index in [0.717, 1.165) is 25.7 Å². The number of piperidine rings is 1. The molecule has 2 amide bonds. The maximum atomic E-state index is 12.3. The summed E-state index contributed by atoms with van der Waals surface area (Å²) in [6.45, 7) is 0.0149. The van der Waals surface area contributed by atoms with Crippen LogP contribution >= 0.6 is 0 Å². The zero-order valence-corrected chi connectivity index (χ0v) is 11.6. The lowest BCUT2D eigenvalue weighted by Crippen LogP contribution is -2.46. The molecule has 21 heavy (non-hydrogen) atoms. The zero-order chi connectivity index (χ0) is 15.0. The summed E-state index contributed by atoms with van der Waals surface area (Å²) in [4.78, 5) is 36.5. The van der Waals surface area contributed by atoms with Gasteiger partial charge in [0.25, 0.3) is 0 Å². The Hall–Kier alpha value is -2.11. The maximum Gasteiger partial charge on any atom is 0.371 e. The molecule has 0 atom stereocenters. The first-order valence-electron chi connectivity index (χ1n) is 7.14. The fraction of sp³-hybridized carbons (Fsp3) is 0.533. The van der Waals surface area contributed by atoms with Gasteiger partial charge in [0, 0.05) is 12.8 Å². The van der Waals surface area contributed by atoms with Gasteiger partial charge in [-0.1, -0.05) is 12.8 Å². The molecule has 0 radical (unpaired) electrons. The molecule has 1 aromatic rings. The first-order valence-corrected chi connectivity index (χ1v) is 7.14. The standard InChI is InChI=1S/C15H17NO5/c17-12-7-15(5-1-2-6-15)8-13(18)16(12)9-10-3-4-11(21-10)14(19)20/h3-4H,1-2,5-9H2,(H,19,20). The molecular formula is C15H17NO5. The predicted molar refractivity (Wildman–Crippen MR) is 71.4 cm³/mol. The molecule has 6 nitrogen and oxygen atoms in total. The van der Waals surface area contributed by atoms with Gasteiger partial charge in [0.15, 0.2) is 0 Å². The molecule has 2 fully saturated rings. The predicted octanol–water partition coefficient (Wildman–Crippen LogP) is 2.19. The van der Waals surface area contributed by atoms with Crippen molar-refractivity contribution in [3.63, 3.8) is 0 Å². The third-order valence-corrected chi connectivity index (χ3v) is 4.51. The van der Waals surface area contributed by atoms with Gasteiger partial charge in [-0.3, -0.25) is 14.5 Å². The molecule has 0 unspecified atom stereocenters. The highest BCUT2D eigenvalue weighted by Gasteiger charge is 2.45. The van der Waals surface area contributed by atoms with E-state index in [1.54, 1.807) is 0 Å². The van der Waals surface area contributed by atoms with E-state index in [0.29, 0.717) is 18.6 Å². The Bertz CT molecular complexity index is 577. The van der Waals surface area contributed by atoms with Gasteiger partial charge < -0.3 is 9.52 Å². The largest absolute Gasteiger partial charge is 0.475 e. The molecule has 112 valence electrons. The van der Waals surface area contributed by atoms with Crippen molar-refractivity contribution in [2.75, 3.05) is 0 Å². The Morgan fingerprint density at radius 2 is 1.81 bits per heavy atom. The number of amides is 2. The van der Waals surface area contributed by atoms with Crippen molar-refractivity contribution in [3.05, 3.63) is 23.7 Å². The second-order valence-electron chi connectivity index (χ2n) is 6.01. The number of carboxylic acids is 1. The SMILES string of the molecule is O=C(O)c1ccc(CN2C(=O)CC3(CCCC3)CC2=O)o1. The molecule has 1 saturated carbocycles. The van der Waals surface area contributed by atoms with Crippen LogP contribution in [0, 0.1) is 5.41 Å². The monoisotopic (exact) mass is 291 g/mol. The number of aromatic carboxylic acids is 1. The number of carboxylic acid groups (broad SMARTS) is 1. The minimum Gasteiger partial charge on any atom is -0.475 e. The second kappa shape index (κ2) is 5.02. The van der Waals surface area contributed by atoms with E-state index in [1.807, 2.05) is 0 Å². The average Bonchev–Trinajstić information content (AvgIpc) is 3.04. The Balaban J connectivity index is 1.72. The zero-order valence-electron chi connectivity index (χ0n) is 11.6. The number of hydrogen-bond acceptors (Lipinski definition) is 4. The fourth-order valence-corrected chi connectivity index (χ4v) is 3.42. The molecule has 1 aromatic heterocycles. The van der Waals surface area contributed by atoms with Gasteiger partial charge in [-0.15, -0.1) is 0 Å². The van der Waals surface area contributed by atoms with Crippen LogP contribution in [0.1, 0.15) is 54.8 Å². The number of nitrogens with zero attached hydrogens (tertiary/aromatic N) is 1. The lowest BCUT2D eigenvalue weighted by Gasteiger charge is -2.36. The molecule has 1 aliphatic carbocycles. The molecule has 1 spiro atoms. The van der Waals surface area contributed by atoms with Gasteiger partial charge >= 0.3 is 5.97 Å². The number of carbonyl (C=O) groups is 3. The van der Waals surface area contributed by atoms with Crippen molar-refractivity contribution in [2.45, 2.75) is 45.1 Å². The van der Waals surface area contributed by atoms with Gasteiger partial charge in [0.2, 0.25) is 17.6 Å². The van der Waals surface area contributed by atoms with Gasteiger partial charge in [0.1, 0.15) is 5.76 Å². The molecule has 1 N–H and O–H groups in total. The van der Waals surface area contributed by atoms with Crippen molar-refractivity contribution in [3.8, 4) is 0 Å². The Kier molecular flexibility index (Phi) is 3.31. The third-order valence-electron chi connectivity index (χ3n) is 4.51. The molecule has 2 aliphatic rings. The van der Waals surface area contributed by atoms with Gasteiger partial charge in [-0.2, -0.15) is 0 Å². The Morgan fingerprint density at radius 1 is 1.19 bits per heavy atom. The molecule has 0 bridgehead atoms. The summed E-state index contributed by atoms with van der Waals surface area (Å²) >= 11 is 0. The van der Waals surface area contributed by atoms with E-state index >= 15 is 0 Å². The second-order valence-corrected chi connectivity index (χ2v) is 6.01. The molecule has 1 saturated heterocycles. The van der Waals surface area contributed by atoms with E-state index < -0.39 is 5.97 Å². The number of furan rings is 1. The first-order chi connectivity index (χ1) is 9.99. The van der Waals surface area contributed by atoms with Crippen LogP contribution in [0.3, 0.4) is 0 Å². The summed E-state index contributed by atoms with van der Waals surface area (Å²) in [6, 6.07) is 2.82. The highest BCUT2D eigenvalue weighted by molar-refractivity contribution is 5.98. The Morgan fingerprint density at radius 3 is 2.33 bits per heavy atom. The fourth-order valence-electron chi connectivity index (χ4n) is 3.42. The van der Waals surface area contributed by atoms with Gasteiger partial charge in [0.05, 0.1) is 6.54 Å². The van der Waals surface area contributed by atoms with E-state index in [-0.39, 0.29) is 29.5 Å². The first kappa shape index (κ1) is 13.9.